The Bertz CT molecular complexity index is 967. The smallest absolute Gasteiger partial charge is 0.337 e. The van der Waals surface area contributed by atoms with Crippen LogP contribution in [0.25, 0.3) is 28.2 Å². The first-order valence-corrected chi connectivity index (χ1v) is 7.02. The van der Waals surface area contributed by atoms with E-state index in [1.54, 1.807) is 48.5 Å². The van der Waals surface area contributed by atoms with Crippen molar-refractivity contribution in [3.8, 4) is 11.1 Å². The number of benzene rings is 2. The van der Waals surface area contributed by atoms with Crippen molar-refractivity contribution in [2.45, 2.75) is 0 Å². The van der Waals surface area contributed by atoms with Crippen molar-refractivity contribution in [1.29, 1.82) is 0 Å². The van der Waals surface area contributed by atoms with Crippen LogP contribution < -0.4 is 5.43 Å². The van der Waals surface area contributed by atoms with Gasteiger partial charge in [0.15, 0.2) is 0 Å². The highest BCUT2D eigenvalue weighted by molar-refractivity contribution is 5.92. The number of esters is 1. The Labute approximate surface area is 132 Å². The number of hydrogen-bond acceptors (Lipinski definition) is 4. The number of para-hydroxylation sites is 1. The van der Waals surface area contributed by atoms with Gasteiger partial charge in [-0.05, 0) is 35.9 Å². The zero-order valence-electron chi connectivity index (χ0n) is 12.5. The molecule has 0 amide bonds. The lowest BCUT2D eigenvalue weighted by Crippen LogP contribution is -2.08. The predicted molar refractivity (Wildman–Crippen MR) is 89.4 cm³/mol. The molecule has 23 heavy (non-hydrogen) atoms. The summed E-state index contributed by atoms with van der Waals surface area (Å²) < 4.78 is 10.5. The molecule has 0 N–H and O–H groups in total. The molecule has 0 atom stereocenters. The minimum absolute atomic E-state index is 0.163. The molecule has 1 aromatic heterocycles. The van der Waals surface area contributed by atoms with Crippen LogP contribution in [-0.2, 0) is 4.74 Å². The average Bonchev–Trinajstić information content (AvgIpc) is 2.61. The summed E-state index contributed by atoms with van der Waals surface area (Å²) in [5.41, 5.74) is 1.67. The van der Waals surface area contributed by atoms with Crippen molar-refractivity contribution >= 4 is 23.0 Å². The molecule has 4 nitrogen and oxygen atoms in total. The van der Waals surface area contributed by atoms with Crippen molar-refractivity contribution in [1.82, 2.24) is 0 Å². The van der Waals surface area contributed by atoms with Crippen LogP contribution in [-0.4, -0.2) is 13.1 Å². The second-order valence-corrected chi connectivity index (χ2v) is 4.94. The normalized spacial score (nSPS) is 10.5. The molecule has 4 heteroatoms. The first-order valence-electron chi connectivity index (χ1n) is 7.02. The third-order valence-electron chi connectivity index (χ3n) is 3.58. The van der Waals surface area contributed by atoms with E-state index in [9.17, 15) is 9.59 Å². The van der Waals surface area contributed by atoms with Crippen LogP contribution in [0, 0.1) is 0 Å². The van der Waals surface area contributed by atoms with E-state index in [2.05, 4.69) is 6.58 Å². The van der Waals surface area contributed by atoms with Crippen LogP contribution >= 0.6 is 0 Å². The molecule has 0 spiro atoms. The second kappa shape index (κ2) is 5.93. The maximum Gasteiger partial charge on any atom is 0.337 e. The third-order valence-corrected chi connectivity index (χ3v) is 3.58. The lowest BCUT2D eigenvalue weighted by Gasteiger charge is -2.08. The largest absolute Gasteiger partial charge is 0.465 e. The van der Waals surface area contributed by atoms with Crippen LogP contribution in [0.1, 0.15) is 16.1 Å². The van der Waals surface area contributed by atoms with E-state index in [1.165, 1.54) is 13.2 Å². The fraction of sp³-hybridized carbons (Fsp3) is 0.0526. The Morgan fingerprint density at radius 1 is 1.17 bits per heavy atom. The molecule has 0 aliphatic heterocycles. The van der Waals surface area contributed by atoms with Gasteiger partial charge in [0.05, 0.1) is 23.6 Å². The van der Waals surface area contributed by atoms with Crippen molar-refractivity contribution in [2.24, 2.45) is 0 Å². The highest BCUT2D eigenvalue weighted by Gasteiger charge is 2.15. The van der Waals surface area contributed by atoms with Gasteiger partial charge < -0.3 is 9.15 Å². The lowest BCUT2D eigenvalue weighted by molar-refractivity contribution is 0.0601. The summed E-state index contributed by atoms with van der Waals surface area (Å²) in [6.07, 6.45) is 1.49. The van der Waals surface area contributed by atoms with Gasteiger partial charge in [-0.2, -0.15) is 0 Å². The fourth-order valence-electron chi connectivity index (χ4n) is 2.50. The molecular formula is C19H14O4. The van der Waals surface area contributed by atoms with Gasteiger partial charge >= 0.3 is 5.97 Å². The van der Waals surface area contributed by atoms with Crippen molar-refractivity contribution < 1.29 is 13.9 Å². The molecule has 1 heterocycles. The molecule has 0 bridgehead atoms. The molecule has 0 aliphatic carbocycles. The Hall–Kier alpha value is -3.14. The Balaban J connectivity index is 2.31. The minimum atomic E-state index is -0.461. The number of ether oxygens (including phenoxy) is 1. The monoisotopic (exact) mass is 306 g/mol. The van der Waals surface area contributed by atoms with Gasteiger partial charge in [0.2, 0.25) is 5.43 Å². The molecule has 0 unspecified atom stereocenters. The molecule has 2 aromatic carbocycles. The molecule has 0 radical (unpaired) electrons. The highest BCUT2D eigenvalue weighted by atomic mass is 16.5. The summed E-state index contributed by atoms with van der Waals surface area (Å²) in [7, 11) is 1.31. The standard InChI is InChI=1S/C19H14O4/c1-3-15-17(12-7-6-8-13(11-12)19(21)22-2)18(20)14-9-4-5-10-16(14)23-15/h3-11H,1H2,2H3. The maximum absolute atomic E-state index is 12.8. The summed E-state index contributed by atoms with van der Waals surface area (Å²) >= 11 is 0. The molecule has 3 aromatic rings. The topological polar surface area (TPSA) is 56.5 Å². The Morgan fingerprint density at radius 3 is 2.70 bits per heavy atom. The van der Waals surface area contributed by atoms with Crippen LogP contribution in [0.4, 0.5) is 0 Å². The number of methoxy groups -OCH3 is 1. The number of hydrogen-bond donors (Lipinski definition) is 0. The lowest BCUT2D eigenvalue weighted by atomic mass is 10.00. The van der Waals surface area contributed by atoms with Crippen molar-refractivity contribution in [3.63, 3.8) is 0 Å². The summed E-state index contributed by atoms with van der Waals surface area (Å²) in [5, 5.41) is 0.483. The van der Waals surface area contributed by atoms with E-state index >= 15 is 0 Å². The van der Waals surface area contributed by atoms with Crippen LogP contribution in [0.15, 0.2) is 64.3 Å². The number of rotatable bonds is 3. The van der Waals surface area contributed by atoms with Crippen LogP contribution in [0.3, 0.4) is 0 Å². The Morgan fingerprint density at radius 2 is 1.96 bits per heavy atom. The third kappa shape index (κ3) is 2.55. The first kappa shape index (κ1) is 14.8. The molecule has 114 valence electrons. The molecule has 0 saturated heterocycles. The predicted octanol–water partition coefficient (Wildman–Crippen LogP) is 3.89. The molecule has 0 fully saturated rings. The van der Waals surface area contributed by atoms with Gasteiger partial charge in [-0.3, -0.25) is 4.79 Å². The van der Waals surface area contributed by atoms with Gasteiger partial charge in [0.25, 0.3) is 0 Å². The van der Waals surface area contributed by atoms with Gasteiger partial charge in [-0.15, -0.1) is 0 Å². The molecule has 0 aliphatic rings. The van der Waals surface area contributed by atoms with Gasteiger partial charge in [-0.25, -0.2) is 4.79 Å². The van der Waals surface area contributed by atoms with E-state index in [4.69, 9.17) is 9.15 Å². The fourth-order valence-corrected chi connectivity index (χ4v) is 2.50. The summed E-state index contributed by atoms with van der Waals surface area (Å²) in [6.45, 7) is 3.71. The number of carbonyl (C=O) groups excluding carboxylic acids is 1. The second-order valence-electron chi connectivity index (χ2n) is 4.94. The van der Waals surface area contributed by atoms with E-state index < -0.39 is 5.97 Å². The van der Waals surface area contributed by atoms with Gasteiger partial charge in [-0.1, -0.05) is 30.8 Å². The summed E-state index contributed by atoms with van der Waals surface area (Å²) in [4.78, 5) is 24.5. The van der Waals surface area contributed by atoms with E-state index in [-0.39, 0.29) is 5.43 Å². The highest BCUT2D eigenvalue weighted by Crippen LogP contribution is 2.26. The zero-order valence-corrected chi connectivity index (χ0v) is 12.5. The van der Waals surface area contributed by atoms with E-state index in [0.29, 0.717) is 33.4 Å². The van der Waals surface area contributed by atoms with Crippen LogP contribution in [0.2, 0.25) is 0 Å². The number of fused-ring (bicyclic) bond motifs is 1. The van der Waals surface area contributed by atoms with Crippen molar-refractivity contribution in [2.75, 3.05) is 7.11 Å². The average molecular weight is 306 g/mol. The molecular weight excluding hydrogens is 292 g/mol. The molecule has 3 rings (SSSR count). The maximum atomic E-state index is 12.8. The van der Waals surface area contributed by atoms with Crippen molar-refractivity contribution in [3.05, 3.63) is 76.7 Å². The first-order chi connectivity index (χ1) is 11.2. The SMILES string of the molecule is C=Cc1oc2ccccc2c(=O)c1-c1cccc(C(=O)OC)c1. The summed E-state index contributed by atoms with van der Waals surface area (Å²) in [5.74, 6) is -0.0899. The summed E-state index contributed by atoms with van der Waals surface area (Å²) in [6, 6.07) is 13.7. The van der Waals surface area contributed by atoms with Gasteiger partial charge in [0, 0.05) is 0 Å². The van der Waals surface area contributed by atoms with Crippen LogP contribution in [0.5, 0.6) is 0 Å². The number of carbonyl (C=O) groups is 1. The van der Waals surface area contributed by atoms with E-state index in [1.807, 2.05) is 0 Å². The zero-order chi connectivity index (χ0) is 16.4. The van der Waals surface area contributed by atoms with Gasteiger partial charge in [0.1, 0.15) is 11.3 Å². The molecule has 0 saturated carbocycles. The Kier molecular flexibility index (Phi) is 3.81. The minimum Gasteiger partial charge on any atom is -0.465 e. The quantitative estimate of drug-likeness (QED) is 0.689. The van der Waals surface area contributed by atoms with E-state index in [0.717, 1.165) is 0 Å².